The molecule has 0 aromatic heterocycles. The van der Waals surface area contributed by atoms with Crippen molar-refractivity contribution in [3.63, 3.8) is 0 Å². The fourth-order valence-electron chi connectivity index (χ4n) is 0.442. The lowest BCUT2D eigenvalue weighted by atomic mass is 10.3. The van der Waals surface area contributed by atoms with Gasteiger partial charge in [-0.05, 0) is 6.92 Å². The monoisotopic (exact) mass is 156 g/mol. The van der Waals surface area contributed by atoms with E-state index in [1.54, 1.807) is 6.92 Å². The van der Waals surface area contributed by atoms with E-state index >= 15 is 0 Å². The normalized spacial score (nSPS) is 15.3. The zero-order valence-electron chi connectivity index (χ0n) is 5.70. The van der Waals surface area contributed by atoms with Gasteiger partial charge in [0.2, 0.25) is 0 Å². The molecule has 5 heteroatoms. The molecule has 3 N–H and O–H groups in total. The second-order valence-corrected chi connectivity index (χ2v) is 2.22. The van der Waals surface area contributed by atoms with Crippen LogP contribution in [-0.4, -0.2) is 25.3 Å². The number of rotatable bonds is 3. The van der Waals surface area contributed by atoms with Crippen LogP contribution in [0, 0.1) is 0 Å². The number of nitrogens with one attached hydrogen (secondary N) is 1. The molecule has 62 valence electrons. The predicted molar refractivity (Wildman–Crippen MR) is 32.6 cm³/mol. The number of nitrogens with two attached hydrogens (primary N) is 1. The highest BCUT2D eigenvalue weighted by Gasteiger charge is 2.25. The van der Waals surface area contributed by atoms with Crippen LogP contribution in [-0.2, 0) is 0 Å². The van der Waals surface area contributed by atoms with Gasteiger partial charge in [-0.3, -0.25) is 0 Å². The standard InChI is InChI=1S/C5H11F3N2/c1-4(9)2-10-3-5(6,7)8/h4,10H,2-3,9H2,1H3. The number of hydrogen-bond acceptors (Lipinski definition) is 2. The van der Waals surface area contributed by atoms with Crippen molar-refractivity contribution in [3.8, 4) is 0 Å². The lowest BCUT2D eigenvalue weighted by Gasteiger charge is -2.09. The van der Waals surface area contributed by atoms with Crippen LogP contribution in [0.3, 0.4) is 0 Å². The fraction of sp³-hybridized carbons (Fsp3) is 1.00. The van der Waals surface area contributed by atoms with E-state index in [0.717, 1.165) is 0 Å². The summed E-state index contributed by atoms with van der Waals surface area (Å²) in [6.45, 7) is 0.872. The summed E-state index contributed by atoms with van der Waals surface area (Å²) in [4.78, 5) is 0. The van der Waals surface area contributed by atoms with E-state index in [0.29, 0.717) is 0 Å². The van der Waals surface area contributed by atoms with Crippen molar-refractivity contribution in [3.05, 3.63) is 0 Å². The van der Waals surface area contributed by atoms with E-state index < -0.39 is 12.7 Å². The molecule has 0 saturated heterocycles. The summed E-state index contributed by atoms with van der Waals surface area (Å²) in [5, 5.41) is 2.17. The van der Waals surface area contributed by atoms with Crippen LogP contribution in [0.4, 0.5) is 13.2 Å². The molecule has 0 bridgehead atoms. The van der Waals surface area contributed by atoms with Gasteiger partial charge in [-0.1, -0.05) is 0 Å². The minimum absolute atomic E-state index is 0.194. The molecule has 0 radical (unpaired) electrons. The van der Waals surface area contributed by atoms with Crippen LogP contribution in [0.2, 0.25) is 0 Å². The third-order valence-electron chi connectivity index (χ3n) is 0.792. The van der Waals surface area contributed by atoms with E-state index in [2.05, 4.69) is 5.32 Å². The summed E-state index contributed by atoms with van der Waals surface area (Å²) in [6, 6.07) is -0.234. The molecule has 0 spiro atoms. The Bertz CT molecular complexity index is 89.4. The Balaban J connectivity index is 3.21. The van der Waals surface area contributed by atoms with Gasteiger partial charge in [0.15, 0.2) is 0 Å². The molecule has 0 rings (SSSR count). The molecule has 0 fully saturated rings. The molecule has 2 nitrogen and oxygen atoms in total. The Morgan fingerprint density at radius 2 is 2.00 bits per heavy atom. The third-order valence-corrected chi connectivity index (χ3v) is 0.792. The first-order valence-electron chi connectivity index (χ1n) is 2.95. The summed E-state index contributed by atoms with van der Waals surface area (Å²) in [5.74, 6) is 0. The van der Waals surface area contributed by atoms with Crippen molar-refractivity contribution in [2.75, 3.05) is 13.1 Å². The molecule has 0 aliphatic carbocycles. The number of alkyl halides is 3. The predicted octanol–water partition coefficient (Wildman–Crippen LogP) is 0.486. The lowest BCUT2D eigenvalue weighted by Crippen LogP contribution is -2.36. The average molecular weight is 156 g/mol. The summed E-state index contributed by atoms with van der Waals surface area (Å²) < 4.78 is 34.2. The summed E-state index contributed by atoms with van der Waals surface area (Å²) in [5.41, 5.74) is 5.19. The first-order valence-corrected chi connectivity index (χ1v) is 2.95. The Morgan fingerprint density at radius 3 is 2.30 bits per heavy atom. The molecule has 10 heavy (non-hydrogen) atoms. The van der Waals surface area contributed by atoms with Gasteiger partial charge in [0.05, 0.1) is 6.54 Å². The SMILES string of the molecule is CC(N)CNCC(F)(F)F. The maximum Gasteiger partial charge on any atom is 0.401 e. The zero-order valence-corrected chi connectivity index (χ0v) is 5.70. The zero-order chi connectivity index (χ0) is 8.20. The van der Waals surface area contributed by atoms with E-state index in [9.17, 15) is 13.2 Å². The quantitative estimate of drug-likeness (QED) is 0.624. The van der Waals surface area contributed by atoms with Gasteiger partial charge in [-0.25, -0.2) is 0 Å². The molecule has 1 atom stereocenters. The van der Waals surface area contributed by atoms with E-state index in [4.69, 9.17) is 5.73 Å². The molecular weight excluding hydrogens is 145 g/mol. The maximum atomic E-state index is 11.4. The fourth-order valence-corrected chi connectivity index (χ4v) is 0.442. The van der Waals surface area contributed by atoms with Crippen molar-refractivity contribution >= 4 is 0 Å². The topological polar surface area (TPSA) is 38.0 Å². The molecule has 1 unspecified atom stereocenters. The maximum absolute atomic E-state index is 11.4. The van der Waals surface area contributed by atoms with Gasteiger partial charge in [0.1, 0.15) is 0 Å². The summed E-state index contributed by atoms with van der Waals surface area (Å²) in [7, 11) is 0. The first kappa shape index (κ1) is 9.71. The van der Waals surface area contributed by atoms with Crippen molar-refractivity contribution in [2.45, 2.75) is 19.1 Å². The first-order chi connectivity index (χ1) is 4.42. The molecule has 0 aromatic rings. The smallest absolute Gasteiger partial charge is 0.327 e. The van der Waals surface area contributed by atoms with Crippen LogP contribution < -0.4 is 11.1 Å². The van der Waals surface area contributed by atoms with Gasteiger partial charge < -0.3 is 11.1 Å². The summed E-state index contributed by atoms with van der Waals surface area (Å²) in [6.07, 6.45) is -4.13. The van der Waals surface area contributed by atoms with Crippen molar-refractivity contribution in [1.82, 2.24) is 5.32 Å². The second kappa shape index (κ2) is 3.78. The highest BCUT2D eigenvalue weighted by molar-refractivity contribution is 4.60. The van der Waals surface area contributed by atoms with Gasteiger partial charge in [-0.2, -0.15) is 13.2 Å². The second-order valence-electron chi connectivity index (χ2n) is 2.22. The van der Waals surface area contributed by atoms with Crippen LogP contribution in [0.5, 0.6) is 0 Å². The van der Waals surface area contributed by atoms with Crippen molar-refractivity contribution in [1.29, 1.82) is 0 Å². The van der Waals surface area contributed by atoms with Crippen molar-refractivity contribution < 1.29 is 13.2 Å². The van der Waals surface area contributed by atoms with Crippen LogP contribution >= 0.6 is 0 Å². The van der Waals surface area contributed by atoms with Crippen molar-refractivity contribution in [2.24, 2.45) is 5.73 Å². The van der Waals surface area contributed by atoms with Crippen LogP contribution in [0.25, 0.3) is 0 Å². The molecule has 0 saturated carbocycles. The van der Waals surface area contributed by atoms with Gasteiger partial charge in [0.25, 0.3) is 0 Å². The van der Waals surface area contributed by atoms with Gasteiger partial charge in [0, 0.05) is 12.6 Å². The molecule has 0 aliphatic rings. The van der Waals surface area contributed by atoms with E-state index in [1.807, 2.05) is 0 Å². The van der Waals surface area contributed by atoms with Gasteiger partial charge in [-0.15, -0.1) is 0 Å². The Morgan fingerprint density at radius 1 is 1.50 bits per heavy atom. The number of halogens is 3. The average Bonchev–Trinajstić information content (AvgIpc) is 1.59. The van der Waals surface area contributed by atoms with E-state index in [-0.39, 0.29) is 12.6 Å². The Kier molecular flexibility index (Phi) is 3.67. The minimum atomic E-state index is -4.13. The van der Waals surface area contributed by atoms with Crippen LogP contribution in [0.1, 0.15) is 6.92 Å². The van der Waals surface area contributed by atoms with E-state index in [1.165, 1.54) is 0 Å². The Labute approximate surface area is 57.6 Å². The minimum Gasteiger partial charge on any atom is -0.327 e. The number of hydrogen-bond donors (Lipinski definition) is 2. The molecular formula is C5H11F3N2. The van der Waals surface area contributed by atoms with Gasteiger partial charge >= 0.3 is 6.18 Å². The largest absolute Gasteiger partial charge is 0.401 e. The molecule has 0 aromatic carbocycles. The third kappa shape index (κ3) is 7.71. The van der Waals surface area contributed by atoms with Crippen LogP contribution in [0.15, 0.2) is 0 Å². The highest BCUT2D eigenvalue weighted by Crippen LogP contribution is 2.11. The molecule has 0 amide bonds. The highest BCUT2D eigenvalue weighted by atomic mass is 19.4. The molecule has 0 heterocycles. The lowest BCUT2D eigenvalue weighted by molar-refractivity contribution is -0.124. The molecule has 0 aliphatic heterocycles. The summed E-state index contributed by atoms with van der Waals surface area (Å²) >= 11 is 0. The Hall–Kier alpha value is -0.290.